The number of aromatic nitrogens is 4. The molecule has 0 spiro atoms. The van der Waals surface area contributed by atoms with E-state index in [4.69, 9.17) is 5.73 Å². The lowest BCUT2D eigenvalue weighted by molar-refractivity contribution is 0.0992. The van der Waals surface area contributed by atoms with E-state index in [1.807, 2.05) is 30.3 Å². The van der Waals surface area contributed by atoms with Crippen LogP contribution in [0.2, 0.25) is 0 Å². The lowest BCUT2D eigenvalue weighted by Gasteiger charge is -2.33. The zero-order valence-electron chi connectivity index (χ0n) is 17.7. The van der Waals surface area contributed by atoms with Crippen LogP contribution >= 0.6 is 11.3 Å². The van der Waals surface area contributed by atoms with Crippen LogP contribution in [0.4, 0.5) is 10.9 Å². The molecule has 1 saturated heterocycles. The van der Waals surface area contributed by atoms with Gasteiger partial charge in [0.15, 0.2) is 5.78 Å². The van der Waals surface area contributed by atoms with E-state index >= 15 is 0 Å². The van der Waals surface area contributed by atoms with E-state index in [1.54, 1.807) is 18.5 Å². The zero-order chi connectivity index (χ0) is 22.1. The Morgan fingerprint density at radius 1 is 1.03 bits per heavy atom. The molecule has 8 nitrogen and oxygen atoms in total. The minimum atomic E-state index is 0.0303. The van der Waals surface area contributed by atoms with Gasteiger partial charge < -0.3 is 15.5 Å². The van der Waals surface area contributed by atoms with Crippen molar-refractivity contribution in [3.8, 4) is 10.6 Å². The molecule has 4 aromatic rings. The molecule has 2 N–H and O–H groups in total. The van der Waals surface area contributed by atoms with Crippen molar-refractivity contribution in [2.24, 2.45) is 0 Å². The van der Waals surface area contributed by atoms with Crippen molar-refractivity contribution in [1.82, 2.24) is 25.1 Å². The minimum absolute atomic E-state index is 0.0303. The summed E-state index contributed by atoms with van der Waals surface area (Å²) >= 11 is 1.35. The molecular formula is C23H23N7OS. The lowest BCUT2D eigenvalue weighted by Crippen LogP contribution is -2.44. The molecule has 0 amide bonds. The van der Waals surface area contributed by atoms with E-state index in [0.717, 1.165) is 59.0 Å². The Kier molecular flexibility index (Phi) is 5.50. The van der Waals surface area contributed by atoms with Gasteiger partial charge >= 0.3 is 0 Å². The number of carbonyl (C=O) groups excluding carboxylic acids is 1. The molecule has 0 bridgehead atoms. The van der Waals surface area contributed by atoms with Crippen molar-refractivity contribution in [2.45, 2.75) is 6.42 Å². The van der Waals surface area contributed by atoms with Crippen molar-refractivity contribution in [3.63, 3.8) is 0 Å². The fourth-order valence-corrected chi connectivity index (χ4v) is 4.44. The van der Waals surface area contributed by atoms with Gasteiger partial charge in [-0.1, -0.05) is 23.5 Å². The van der Waals surface area contributed by atoms with E-state index in [1.165, 1.54) is 11.3 Å². The normalized spacial score (nSPS) is 14.7. The van der Waals surface area contributed by atoms with Crippen LogP contribution < -0.4 is 10.6 Å². The number of fused-ring (bicyclic) bond motifs is 1. The molecule has 1 aliphatic rings. The first kappa shape index (κ1) is 20.5. The molecule has 0 radical (unpaired) electrons. The van der Waals surface area contributed by atoms with Crippen molar-refractivity contribution in [3.05, 3.63) is 60.0 Å². The first-order valence-electron chi connectivity index (χ1n) is 10.5. The average Bonchev–Trinajstić information content (AvgIpc) is 3.25. The third-order valence-electron chi connectivity index (χ3n) is 5.70. The highest BCUT2D eigenvalue weighted by atomic mass is 32.1. The number of nitrogens with zero attached hydrogens (tertiary/aromatic N) is 6. The van der Waals surface area contributed by atoms with E-state index < -0.39 is 0 Å². The summed E-state index contributed by atoms with van der Waals surface area (Å²) in [4.78, 5) is 26.5. The Bertz CT molecular complexity index is 1280. The highest BCUT2D eigenvalue weighted by Crippen LogP contribution is 2.28. The zero-order valence-corrected chi connectivity index (χ0v) is 18.5. The summed E-state index contributed by atoms with van der Waals surface area (Å²) in [5, 5.41) is 11.2. The molecule has 1 fully saturated rings. The Morgan fingerprint density at radius 2 is 1.88 bits per heavy atom. The van der Waals surface area contributed by atoms with Gasteiger partial charge in [0.1, 0.15) is 10.8 Å². The maximum atomic E-state index is 13.0. The van der Waals surface area contributed by atoms with Crippen molar-refractivity contribution >= 4 is 38.8 Å². The molecule has 0 unspecified atom stereocenters. The van der Waals surface area contributed by atoms with Crippen LogP contribution in [0.3, 0.4) is 0 Å². The first-order valence-corrected chi connectivity index (χ1v) is 11.3. The third-order valence-corrected chi connectivity index (χ3v) is 6.50. The van der Waals surface area contributed by atoms with E-state index in [2.05, 4.69) is 37.0 Å². The molecule has 9 heteroatoms. The van der Waals surface area contributed by atoms with E-state index in [-0.39, 0.29) is 12.2 Å². The number of hydrogen-bond acceptors (Lipinski definition) is 9. The molecule has 162 valence electrons. The highest BCUT2D eigenvalue weighted by molar-refractivity contribution is 7.18. The first-order chi connectivity index (χ1) is 15.5. The van der Waals surface area contributed by atoms with Gasteiger partial charge in [-0.25, -0.2) is 4.98 Å². The molecule has 0 aliphatic carbocycles. The van der Waals surface area contributed by atoms with Gasteiger partial charge in [0.05, 0.1) is 6.42 Å². The largest absolute Gasteiger partial charge is 0.374 e. The summed E-state index contributed by atoms with van der Waals surface area (Å²) in [6, 6.07) is 11.6. The summed E-state index contributed by atoms with van der Waals surface area (Å²) in [5.41, 5.74) is 8.05. The second kappa shape index (κ2) is 8.60. The van der Waals surface area contributed by atoms with E-state index in [0.29, 0.717) is 10.7 Å². The van der Waals surface area contributed by atoms with Crippen LogP contribution in [-0.2, 0) is 6.42 Å². The monoisotopic (exact) mass is 445 g/mol. The summed E-state index contributed by atoms with van der Waals surface area (Å²) in [6.45, 7) is 3.81. The number of likely N-dealkylation sites (N-methyl/N-ethyl adjacent to an activating group) is 1. The summed E-state index contributed by atoms with van der Waals surface area (Å²) < 4.78 is 0. The Morgan fingerprint density at radius 3 is 2.66 bits per heavy atom. The minimum Gasteiger partial charge on any atom is -0.374 e. The molecule has 1 aliphatic heterocycles. The fraction of sp³-hybridized carbons (Fsp3) is 0.261. The number of ketones is 1. The Labute approximate surface area is 189 Å². The van der Waals surface area contributed by atoms with Crippen LogP contribution in [0.15, 0.2) is 48.8 Å². The Balaban J connectivity index is 1.36. The number of nitrogens with two attached hydrogens (primary N) is 1. The maximum absolute atomic E-state index is 13.0. The average molecular weight is 446 g/mol. The molecule has 4 heterocycles. The summed E-state index contributed by atoms with van der Waals surface area (Å²) in [6.07, 6.45) is 3.76. The maximum Gasteiger partial charge on any atom is 0.203 e. The van der Waals surface area contributed by atoms with Gasteiger partial charge in [-0.2, -0.15) is 0 Å². The number of hydrogen-bond donors (Lipinski definition) is 1. The molecule has 32 heavy (non-hydrogen) atoms. The molecule has 1 aromatic carbocycles. The predicted molar refractivity (Wildman–Crippen MR) is 127 cm³/mol. The van der Waals surface area contributed by atoms with Gasteiger partial charge in [-0.05, 0) is 36.7 Å². The number of rotatable bonds is 5. The van der Waals surface area contributed by atoms with Crippen LogP contribution in [0.25, 0.3) is 21.3 Å². The quantitative estimate of drug-likeness (QED) is 0.468. The molecular weight excluding hydrogens is 422 g/mol. The number of piperazine rings is 1. The number of nitrogen functional groups attached to an aromatic ring is 1. The van der Waals surface area contributed by atoms with Gasteiger partial charge in [0.25, 0.3) is 0 Å². The van der Waals surface area contributed by atoms with Gasteiger partial charge in [0, 0.05) is 60.8 Å². The molecule has 0 saturated carbocycles. The number of Topliss-reactive ketones (excluding diaryl/α,β-unsaturated/α-hetero) is 1. The topological polar surface area (TPSA) is 101 Å². The number of anilines is 2. The van der Waals surface area contributed by atoms with E-state index in [9.17, 15) is 4.79 Å². The third kappa shape index (κ3) is 4.30. The number of benzene rings is 1. The second-order valence-corrected chi connectivity index (χ2v) is 8.99. The highest BCUT2D eigenvalue weighted by Gasteiger charge is 2.17. The standard InChI is InChI=1S/C23H23N7OS/c1-29-6-8-30(9-7-29)21-12-15(4-5-25-21)20(31)13-19-11-18-10-16(2-3-17(18)14-26-19)22-27-28-23(24)32-22/h2-5,10-12,14H,6-9,13H2,1H3,(H2,24,28). The van der Waals surface area contributed by atoms with Crippen molar-refractivity contribution < 1.29 is 4.79 Å². The van der Waals surface area contributed by atoms with Crippen molar-refractivity contribution in [1.29, 1.82) is 0 Å². The SMILES string of the molecule is CN1CCN(c2cc(C(=O)Cc3cc4cc(-c5nnc(N)s5)ccc4cn3)ccn2)CC1. The molecule has 3 aromatic heterocycles. The molecule has 5 rings (SSSR count). The van der Waals surface area contributed by atoms with Crippen LogP contribution in [0, 0.1) is 0 Å². The van der Waals surface area contributed by atoms with Crippen LogP contribution in [-0.4, -0.2) is 64.1 Å². The smallest absolute Gasteiger partial charge is 0.203 e. The van der Waals surface area contributed by atoms with Gasteiger partial charge in [-0.3, -0.25) is 9.78 Å². The predicted octanol–water partition coefficient (Wildman–Crippen LogP) is 2.91. The van der Waals surface area contributed by atoms with Crippen molar-refractivity contribution in [2.75, 3.05) is 43.9 Å². The Hall–Kier alpha value is -3.43. The lowest BCUT2D eigenvalue weighted by atomic mass is 10.0. The fourth-order valence-electron chi connectivity index (χ4n) is 3.83. The van der Waals surface area contributed by atoms with Crippen LogP contribution in [0.5, 0.6) is 0 Å². The number of pyridine rings is 2. The number of carbonyl (C=O) groups is 1. The summed E-state index contributed by atoms with van der Waals surface area (Å²) in [7, 11) is 2.12. The second-order valence-electron chi connectivity index (χ2n) is 7.98. The van der Waals surface area contributed by atoms with Gasteiger partial charge in [0.2, 0.25) is 5.13 Å². The van der Waals surface area contributed by atoms with Crippen LogP contribution in [0.1, 0.15) is 16.1 Å². The molecule has 0 atom stereocenters. The summed E-state index contributed by atoms with van der Waals surface area (Å²) in [5.74, 6) is 0.888. The van der Waals surface area contributed by atoms with Gasteiger partial charge in [-0.15, -0.1) is 10.2 Å².